The Bertz CT molecular complexity index is 1100. The van der Waals surface area contributed by atoms with E-state index < -0.39 is 11.2 Å². The van der Waals surface area contributed by atoms with Crippen molar-refractivity contribution >= 4 is 11.0 Å². The quantitative estimate of drug-likeness (QED) is 0.368. The Labute approximate surface area is 135 Å². The van der Waals surface area contributed by atoms with E-state index in [0.717, 1.165) is 0 Å². The fraction of sp³-hybridized carbons (Fsp3) is 0. The van der Waals surface area contributed by atoms with Crippen molar-refractivity contribution in [2.24, 2.45) is 0 Å². The lowest BCUT2D eigenvalue weighted by molar-refractivity contribution is 0.404. The van der Waals surface area contributed by atoms with Gasteiger partial charge in [0.25, 0.3) is 0 Å². The van der Waals surface area contributed by atoms with Gasteiger partial charge >= 0.3 is 0 Å². The highest BCUT2D eigenvalue weighted by Crippen LogP contribution is 2.43. The van der Waals surface area contributed by atoms with Gasteiger partial charge in [0.15, 0.2) is 17.2 Å². The van der Waals surface area contributed by atoms with Crippen LogP contribution in [-0.2, 0) is 0 Å². The van der Waals surface area contributed by atoms with Crippen LogP contribution in [-0.4, -0.2) is 20.3 Å². The van der Waals surface area contributed by atoms with Crippen LogP contribution in [0, 0.1) is 0 Å². The minimum atomic E-state index is -0.569. The average Bonchev–Trinajstić information content (AvgIpc) is 2.57. The molecule has 3 N–H and O–H groups in total. The molecule has 1 aliphatic heterocycles. The van der Waals surface area contributed by atoms with Crippen molar-refractivity contribution in [3.05, 3.63) is 58.9 Å². The highest BCUT2D eigenvalue weighted by atomic mass is 16.3. The second kappa shape index (κ2) is 4.99. The average molecular weight is 321 g/mol. The third-order valence-electron chi connectivity index (χ3n) is 3.82. The van der Waals surface area contributed by atoms with Crippen molar-refractivity contribution in [2.45, 2.75) is 0 Å². The fourth-order valence-electron chi connectivity index (χ4n) is 2.72. The van der Waals surface area contributed by atoms with Crippen molar-refractivity contribution < 1.29 is 19.7 Å². The number of fused-ring (bicyclic) bond motifs is 2. The number of rotatable bonds is 1. The van der Waals surface area contributed by atoms with Crippen LogP contribution in [0.1, 0.15) is 0 Å². The number of phenolic OH excluding ortho intramolecular Hbond substituents is 3. The van der Waals surface area contributed by atoms with Crippen LogP contribution in [0.5, 0.6) is 17.2 Å². The molecule has 0 bridgehead atoms. The van der Waals surface area contributed by atoms with Gasteiger partial charge < -0.3 is 19.7 Å². The number of hydrogen-bond acceptors (Lipinski definition) is 6. The molecule has 0 radical (unpaired) electrons. The van der Waals surface area contributed by atoms with Crippen LogP contribution in [0.4, 0.5) is 0 Å². The molecule has 0 saturated heterocycles. The van der Waals surface area contributed by atoms with Gasteiger partial charge in [-0.2, -0.15) is 0 Å². The summed E-state index contributed by atoms with van der Waals surface area (Å²) in [6, 6.07) is 10.5. The fourth-order valence-corrected chi connectivity index (χ4v) is 2.72. The number of nitrogens with zero attached hydrogens (tertiary/aromatic N) is 1. The first-order valence-corrected chi connectivity index (χ1v) is 7.11. The summed E-state index contributed by atoms with van der Waals surface area (Å²) in [5.74, 6) is -0.800. The van der Waals surface area contributed by atoms with E-state index in [-0.39, 0.29) is 22.8 Å². The Kier molecular flexibility index (Phi) is 2.93. The van der Waals surface area contributed by atoms with E-state index in [9.17, 15) is 20.1 Å². The highest BCUT2D eigenvalue weighted by molar-refractivity contribution is 6.02. The van der Waals surface area contributed by atoms with E-state index in [4.69, 9.17) is 4.42 Å². The Morgan fingerprint density at radius 2 is 1.71 bits per heavy atom. The first-order chi connectivity index (χ1) is 11.5. The van der Waals surface area contributed by atoms with E-state index in [1.54, 1.807) is 24.4 Å². The monoisotopic (exact) mass is 321 g/mol. The molecular formula is C18H11NO5. The second-order valence-corrected chi connectivity index (χ2v) is 5.35. The van der Waals surface area contributed by atoms with Crippen molar-refractivity contribution in [2.75, 3.05) is 0 Å². The summed E-state index contributed by atoms with van der Waals surface area (Å²) in [6.45, 7) is 0. The highest BCUT2D eigenvalue weighted by Gasteiger charge is 2.21. The number of pyridine rings is 1. The molecule has 2 aliphatic rings. The van der Waals surface area contributed by atoms with Crippen LogP contribution >= 0.6 is 0 Å². The molecule has 2 aromatic rings. The van der Waals surface area contributed by atoms with Gasteiger partial charge in [-0.25, -0.2) is 0 Å². The Hall–Kier alpha value is -3.54. The van der Waals surface area contributed by atoms with Gasteiger partial charge in [-0.15, -0.1) is 0 Å². The van der Waals surface area contributed by atoms with Crippen LogP contribution < -0.4 is 5.43 Å². The molecule has 6 heteroatoms. The zero-order valence-electron chi connectivity index (χ0n) is 12.2. The van der Waals surface area contributed by atoms with E-state index in [1.807, 2.05) is 0 Å². The maximum absolute atomic E-state index is 11.7. The lowest BCUT2D eigenvalue weighted by Gasteiger charge is -2.15. The summed E-state index contributed by atoms with van der Waals surface area (Å²) in [7, 11) is 0. The van der Waals surface area contributed by atoms with Gasteiger partial charge in [-0.3, -0.25) is 9.78 Å². The van der Waals surface area contributed by atoms with E-state index in [0.29, 0.717) is 22.2 Å². The van der Waals surface area contributed by atoms with Gasteiger partial charge in [0.05, 0.1) is 5.69 Å². The van der Waals surface area contributed by atoms with Crippen LogP contribution in [0.2, 0.25) is 0 Å². The maximum atomic E-state index is 11.7. The molecule has 2 heterocycles. The topological polar surface area (TPSA) is 104 Å². The first kappa shape index (κ1) is 14.1. The number of aromatic nitrogens is 1. The van der Waals surface area contributed by atoms with Crippen molar-refractivity contribution in [1.29, 1.82) is 0 Å². The Morgan fingerprint density at radius 3 is 2.46 bits per heavy atom. The molecule has 0 spiro atoms. The van der Waals surface area contributed by atoms with Gasteiger partial charge in [0.2, 0.25) is 5.43 Å². The molecule has 6 nitrogen and oxygen atoms in total. The molecule has 4 rings (SSSR count). The first-order valence-electron chi connectivity index (χ1n) is 7.11. The van der Waals surface area contributed by atoms with Crippen LogP contribution in [0.3, 0.4) is 0 Å². The molecule has 24 heavy (non-hydrogen) atoms. The third-order valence-corrected chi connectivity index (χ3v) is 3.82. The smallest absolute Gasteiger partial charge is 0.223 e. The molecule has 1 aromatic carbocycles. The van der Waals surface area contributed by atoms with E-state index in [1.165, 1.54) is 24.3 Å². The van der Waals surface area contributed by atoms with Crippen LogP contribution in [0.25, 0.3) is 33.6 Å². The van der Waals surface area contributed by atoms with Crippen molar-refractivity contribution in [1.82, 2.24) is 4.98 Å². The molecule has 1 aromatic heterocycles. The number of aromatic hydroxyl groups is 3. The molecule has 118 valence electrons. The predicted octanol–water partition coefficient (Wildman–Crippen LogP) is 3.08. The SMILES string of the molecule is O=c1cc2oc3cc(O)c(O)cc3c(-c3ccccn3)c-2cc1O. The number of benzene rings is 2. The molecule has 0 unspecified atom stereocenters. The van der Waals surface area contributed by atoms with E-state index in [2.05, 4.69) is 4.98 Å². The van der Waals surface area contributed by atoms with Gasteiger partial charge in [0.1, 0.15) is 11.3 Å². The maximum Gasteiger partial charge on any atom is 0.223 e. The predicted molar refractivity (Wildman–Crippen MR) is 87.3 cm³/mol. The molecule has 0 saturated carbocycles. The normalized spacial score (nSPS) is 11.2. The summed E-state index contributed by atoms with van der Waals surface area (Å²) in [6.07, 6.45) is 1.61. The molecule has 1 aliphatic carbocycles. The summed E-state index contributed by atoms with van der Waals surface area (Å²) in [4.78, 5) is 16.0. The van der Waals surface area contributed by atoms with Crippen LogP contribution in [0.15, 0.2) is 57.9 Å². The summed E-state index contributed by atoms with van der Waals surface area (Å²) < 4.78 is 5.67. The van der Waals surface area contributed by atoms with E-state index >= 15 is 0 Å². The minimum absolute atomic E-state index is 0.246. The lowest BCUT2D eigenvalue weighted by Crippen LogP contribution is -2.01. The Morgan fingerprint density at radius 1 is 0.917 bits per heavy atom. The third kappa shape index (κ3) is 2.04. The molecule has 0 atom stereocenters. The number of phenols is 3. The van der Waals surface area contributed by atoms with Gasteiger partial charge in [0, 0.05) is 34.8 Å². The summed E-state index contributed by atoms with van der Waals surface area (Å²) in [5, 5.41) is 29.9. The standard InChI is InChI=1S/C18H11NO5/c20-12-5-9-16(7-14(12)22)24-17-8-15(23)13(21)6-10(17)18(9)11-3-1-2-4-19-11/h1-8,20-22H. The second-order valence-electron chi connectivity index (χ2n) is 5.35. The zero-order valence-corrected chi connectivity index (χ0v) is 12.2. The summed E-state index contributed by atoms with van der Waals surface area (Å²) in [5.41, 5.74) is 1.34. The lowest BCUT2D eigenvalue weighted by atomic mass is 9.96. The zero-order chi connectivity index (χ0) is 16.8. The summed E-state index contributed by atoms with van der Waals surface area (Å²) >= 11 is 0. The van der Waals surface area contributed by atoms with Crippen molar-refractivity contribution in [3.8, 4) is 39.8 Å². The number of hydrogen-bond donors (Lipinski definition) is 3. The molecule has 0 fully saturated rings. The van der Waals surface area contributed by atoms with Gasteiger partial charge in [-0.1, -0.05) is 6.07 Å². The minimum Gasteiger partial charge on any atom is -0.504 e. The largest absolute Gasteiger partial charge is 0.504 e. The Balaban J connectivity index is 2.25. The molecular weight excluding hydrogens is 310 g/mol. The van der Waals surface area contributed by atoms with Crippen molar-refractivity contribution in [3.63, 3.8) is 0 Å². The molecule has 0 amide bonds. The van der Waals surface area contributed by atoms with Gasteiger partial charge in [-0.05, 0) is 24.3 Å².